The summed E-state index contributed by atoms with van der Waals surface area (Å²) >= 11 is 0. The van der Waals surface area contributed by atoms with E-state index in [1.165, 1.54) is 55.7 Å². The SMILES string of the molecule is CCCCCCCCCc1c(O)ccc2ccccc12. The smallest absolute Gasteiger partial charge is 0.119 e. The molecule has 0 heterocycles. The minimum Gasteiger partial charge on any atom is -0.508 e. The highest BCUT2D eigenvalue weighted by molar-refractivity contribution is 5.87. The molecule has 0 saturated heterocycles. The second-order valence-electron chi connectivity index (χ2n) is 5.66. The van der Waals surface area contributed by atoms with Crippen LogP contribution in [-0.2, 0) is 6.42 Å². The Labute approximate surface area is 122 Å². The summed E-state index contributed by atoms with van der Waals surface area (Å²) in [5.74, 6) is 0.453. The average Bonchev–Trinajstić information content (AvgIpc) is 2.48. The van der Waals surface area contributed by atoms with Crippen molar-refractivity contribution in [3.63, 3.8) is 0 Å². The molecule has 2 aromatic rings. The maximum absolute atomic E-state index is 10.1. The van der Waals surface area contributed by atoms with E-state index < -0.39 is 0 Å². The fraction of sp³-hybridized carbons (Fsp3) is 0.474. The lowest BCUT2D eigenvalue weighted by Crippen LogP contribution is -1.90. The number of aryl methyl sites for hydroxylation is 1. The first kappa shape index (κ1) is 14.9. The van der Waals surface area contributed by atoms with E-state index in [1.807, 2.05) is 12.1 Å². The maximum Gasteiger partial charge on any atom is 0.119 e. The molecule has 0 bridgehead atoms. The lowest BCUT2D eigenvalue weighted by molar-refractivity contribution is 0.467. The Morgan fingerprint density at radius 2 is 1.50 bits per heavy atom. The Balaban J connectivity index is 1.88. The van der Waals surface area contributed by atoms with Crippen LogP contribution in [0.1, 0.15) is 57.4 Å². The summed E-state index contributed by atoms with van der Waals surface area (Å²) in [6.07, 6.45) is 10.2. The normalized spacial score (nSPS) is 11.1. The van der Waals surface area contributed by atoms with Crippen molar-refractivity contribution in [1.82, 2.24) is 0 Å². The van der Waals surface area contributed by atoms with Crippen molar-refractivity contribution in [2.75, 3.05) is 0 Å². The lowest BCUT2D eigenvalue weighted by Gasteiger charge is -2.09. The van der Waals surface area contributed by atoms with E-state index in [9.17, 15) is 5.11 Å². The molecule has 0 atom stereocenters. The molecule has 20 heavy (non-hydrogen) atoms. The third-order valence-corrected chi connectivity index (χ3v) is 4.05. The fourth-order valence-electron chi connectivity index (χ4n) is 2.85. The quantitative estimate of drug-likeness (QED) is 0.597. The predicted octanol–water partition coefficient (Wildman–Crippen LogP) is 5.84. The Kier molecular flexibility index (Phi) is 5.91. The highest BCUT2D eigenvalue weighted by atomic mass is 16.3. The molecule has 0 aliphatic carbocycles. The number of phenols is 1. The van der Waals surface area contributed by atoms with E-state index >= 15 is 0 Å². The van der Waals surface area contributed by atoms with E-state index in [0.717, 1.165) is 12.0 Å². The van der Waals surface area contributed by atoms with E-state index in [4.69, 9.17) is 0 Å². The Bertz CT molecular complexity index is 530. The first-order chi connectivity index (χ1) is 9.83. The van der Waals surface area contributed by atoms with E-state index in [2.05, 4.69) is 31.2 Å². The van der Waals surface area contributed by atoms with Crippen LogP contribution in [0, 0.1) is 0 Å². The molecule has 0 aliphatic rings. The van der Waals surface area contributed by atoms with Crippen LogP contribution in [0.15, 0.2) is 36.4 Å². The summed E-state index contributed by atoms with van der Waals surface area (Å²) in [4.78, 5) is 0. The first-order valence-electron chi connectivity index (χ1n) is 8.02. The molecule has 2 rings (SSSR count). The molecule has 0 amide bonds. The maximum atomic E-state index is 10.1. The van der Waals surface area contributed by atoms with Gasteiger partial charge >= 0.3 is 0 Å². The average molecular weight is 270 g/mol. The van der Waals surface area contributed by atoms with Crippen molar-refractivity contribution in [2.45, 2.75) is 58.3 Å². The standard InChI is InChI=1S/C19H26O/c1-2-3-4-5-6-7-8-13-18-17-12-10-9-11-16(17)14-15-19(18)20/h9-12,14-15,20H,2-8,13H2,1H3. The summed E-state index contributed by atoms with van der Waals surface area (Å²) in [6, 6.07) is 12.2. The van der Waals surface area contributed by atoms with Crippen molar-refractivity contribution in [3.05, 3.63) is 42.0 Å². The second kappa shape index (κ2) is 7.94. The third-order valence-electron chi connectivity index (χ3n) is 4.05. The van der Waals surface area contributed by atoms with Crippen LogP contribution in [0.25, 0.3) is 10.8 Å². The van der Waals surface area contributed by atoms with E-state index in [0.29, 0.717) is 5.75 Å². The number of fused-ring (bicyclic) bond motifs is 1. The summed E-state index contributed by atoms with van der Waals surface area (Å²) in [5, 5.41) is 12.5. The van der Waals surface area contributed by atoms with Gasteiger partial charge in [-0.15, -0.1) is 0 Å². The van der Waals surface area contributed by atoms with Crippen molar-refractivity contribution in [3.8, 4) is 5.75 Å². The van der Waals surface area contributed by atoms with Gasteiger partial charge in [0.05, 0.1) is 0 Å². The van der Waals surface area contributed by atoms with Crippen LogP contribution in [0.4, 0.5) is 0 Å². The molecule has 1 nitrogen and oxygen atoms in total. The van der Waals surface area contributed by atoms with Crippen molar-refractivity contribution >= 4 is 10.8 Å². The van der Waals surface area contributed by atoms with Crippen LogP contribution in [0.2, 0.25) is 0 Å². The monoisotopic (exact) mass is 270 g/mol. The fourth-order valence-corrected chi connectivity index (χ4v) is 2.85. The zero-order chi connectivity index (χ0) is 14.2. The molecule has 0 radical (unpaired) electrons. The van der Waals surface area contributed by atoms with Gasteiger partial charge in [0.15, 0.2) is 0 Å². The van der Waals surface area contributed by atoms with Gasteiger partial charge in [-0.05, 0) is 29.7 Å². The zero-order valence-corrected chi connectivity index (χ0v) is 12.6. The topological polar surface area (TPSA) is 20.2 Å². The van der Waals surface area contributed by atoms with Gasteiger partial charge in [-0.3, -0.25) is 0 Å². The molecule has 2 aromatic carbocycles. The predicted molar refractivity (Wildman–Crippen MR) is 87.3 cm³/mol. The van der Waals surface area contributed by atoms with Gasteiger partial charge in [-0.1, -0.05) is 75.8 Å². The van der Waals surface area contributed by atoms with Crippen LogP contribution < -0.4 is 0 Å². The minimum atomic E-state index is 0.453. The Morgan fingerprint density at radius 3 is 2.30 bits per heavy atom. The largest absolute Gasteiger partial charge is 0.508 e. The van der Waals surface area contributed by atoms with Crippen LogP contribution in [0.5, 0.6) is 5.75 Å². The summed E-state index contributed by atoms with van der Waals surface area (Å²) in [6.45, 7) is 2.25. The van der Waals surface area contributed by atoms with Crippen LogP contribution >= 0.6 is 0 Å². The Morgan fingerprint density at radius 1 is 0.800 bits per heavy atom. The van der Waals surface area contributed by atoms with E-state index in [1.54, 1.807) is 0 Å². The van der Waals surface area contributed by atoms with Crippen LogP contribution in [-0.4, -0.2) is 5.11 Å². The molecule has 0 aromatic heterocycles. The van der Waals surface area contributed by atoms with Crippen LogP contribution in [0.3, 0.4) is 0 Å². The molecule has 108 valence electrons. The van der Waals surface area contributed by atoms with Gasteiger partial charge in [0, 0.05) is 5.56 Å². The first-order valence-corrected chi connectivity index (χ1v) is 8.02. The number of hydrogen-bond donors (Lipinski definition) is 1. The Hall–Kier alpha value is -1.50. The molecule has 0 unspecified atom stereocenters. The van der Waals surface area contributed by atoms with Crippen molar-refractivity contribution in [1.29, 1.82) is 0 Å². The number of phenolic OH excluding ortho intramolecular Hbond substituents is 1. The number of rotatable bonds is 8. The number of hydrogen-bond acceptors (Lipinski definition) is 1. The highest BCUT2D eigenvalue weighted by Crippen LogP contribution is 2.28. The molecule has 1 heteroatoms. The van der Waals surface area contributed by atoms with Crippen molar-refractivity contribution in [2.24, 2.45) is 0 Å². The number of aromatic hydroxyl groups is 1. The van der Waals surface area contributed by atoms with Gasteiger partial charge in [0.2, 0.25) is 0 Å². The number of unbranched alkanes of at least 4 members (excludes halogenated alkanes) is 6. The van der Waals surface area contributed by atoms with Gasteiger partial charge in [-0.2, -0.15) is 0 Å². The molecule has 0 saturated carbocycles. The zero-order valence-electron chi connectivity index (χ0n) is 12.6. The van der Waals surface area contributed by atoms with Crippen molar-refractivity contribution < 1.29 is 5.11 Å². The number of benzene rings is 2. The molecule has 1 N–H and O–H groups in total. The summed E-state index contributed by atoms with van der Waals surface area (Å²) in [5.41, 5.74) is 1.12. The van der Waals surface area contributed by atoms with Gasteiger partial charge < -0.3 is 5.11 Å². The molecule has 0 fully saturated rings. The molecule has 0 aliphatic heterocycles. The lowest BCUT2D eigenvalue weighted by atomic mass is 9.98. The third kappa shape index (κ3) is 4.00. The minimum absolute atomic E-state index is 0.453. The van der Waals surface area contributed by atoms with Gasteiger partial charge in [0.25, 0.3) is 0 Å². The molecule has 0 spiro atoms. The van der Waals surface area contributed by atoms with E-state index in [-0.39, 0.29) is 0 Å². The van der Waals surface area contributed by atoms with Gasteiger partial charge in [-0.25, -0.2) is 0 Å². The summed E-state index contributed by atoms with van der Waals surface area (Å²) in [7, 11) is 0. The molecular formula is C19H26O. The molecular weight excluding hydrogens is 244 g/mol. The second-order valence-corrected chi connectivity index (χ2v) is 5.66. The van der Waals surface area contributed by atoms with Gasteiger partial charge in [0.1, 0.15) is 5.75 Å². The summed E-state index contributed by atoms with van der Waals surface area (Å²) < 4.78 is 0. The highest BCUT2D eigenvalue weighted by Gasteiger charge is 2.06.